The van der Waals surface area contributed by atoms with Gasteiger partial charge in [0.05, 0.1) is 20.3 Å². The average molecular weight is 498 g/mol. The van der Waals surface area contributed by atoms with Crippen LogP contribution >= 0.6 is 24.0 Å². The van der Waals surface area contributed by atoms with E-state index in [1.165, 1.54) is 5.56 Å². The molecule has 7 heteroatoms. The second-order valence-corrected chi connectivity index (χ2v) is 6.00. The Balaban J connectivity index is 0.00000392. The minimum absolute atomic E-state index is 0. The molecule has 0 amide bonds. The molecule has 1 aromatic heterocycles. The first-order chi connectivity index (χ1) is 13.3. The molecule has 1 heterocycles. The number of guanidine groups is 1. The van der Waals surface area contributed by atoms with Crippen molar-refractivity contribution in [2.45, 2.75) is 33.2 Å². The van der Waals surface area contributed by atoms with Gasteiger partial charge in [-0.15, -0.1) is 24.0 Å². The van der Waals surface area contributed by atoms with Gasteiger partial charge in [-0.05, 0) is 37.5 Å². The minimum atomic E-state index is 0. The molecule has 0 atom stereocenters. The third kappa shape index (κ3) is 7.92. The number of nitrogens with zero attached hydrogens (tertiary/aromatic N) is 2. The van der Waals surface area contributed by atoms with E-state index in [-0.39, 0.29) is 24.0 Å². The van der Waals surface area contributed by atoms with E-state index >= 15 is 0 Å². The van der Waals surface area contributed by atoms with Gasteiger partial charge >= 0.3 is 0 Å². The van der Waals surface area contributed by atoms with E-state index in [1.807, 2.05) is 30.3 Å². The number of aromatic nitrogens is 1. The van der Waals surface area contributed by atoms with Crippen LogP contribution in [0.2, 0.25) is 0 Å². The maximum absolute atomic E-state index is 5.71. The molecular weight excluding hydrogens is 467 g/mol. The highest BCUT2D eigenvalue weighted by molar-refractivity contribution is 14.0. The lowest BCUT2D eigenvalue weighted by Crippen LogP contribution is -2.38. The fourth-order valence-corrected chi connectivity index (χ4v) is 2.60. The molecule has 154 valence electrons. The molecule has 0 fully saturated rings. The third-order valence-electron chi connectivity index (χ3n) is 3.92. The predicted molar refractivity (Wildman–Crippen MR) is 125 cm³/mol. The largest absolute Gasteiger partial charge is 0.496 e. The van der Waals surface area contributed by atoms with E-state index in [2.05, 4.69) is 40.5 Å². The molecule has 6 nitrogen and oxygen atoms in total. The standard InChI is InChI=1S/C21H30N4O2.HI/c1-4-15-27-20-18(10-8-13-23-20)16-25-21(22-5-2)24-14-12-17-9-6-7-11-19(17)26-3;/h6-11,13H,4-5,12,14-16H2,1-3H3,(H2,22,24,25);1H. The summed E-state index contributed by atoms with van der Waals surface area (Å²) in [7, 11) is 1.70. The van der Waals surface area contributed by atoms with Gasteiger partial charge < -0.3 is 20.1 Å². The Morgan fingerprint density at radius 1 is 1.07 bits per heavy atom. The molecule has 0 spiro atoms. The van der Waals surface area contributed by atoms with Crippen molar-refractivity contribution in [3.63, 3.8) is 0 Å². The van der Waals surface area contributed by atoms with Gasteiger partial charge in [-0.25, -0.2) is 9.98 Å². The van der Waals surface area contributed by atoms with Crippen LogP contribution in [-0.4, -0.2) is 37.7 Å². The maximum Gasteiger partial charge on any atom is 0.218 e. The van der Waals surface area contributed by atoms with Crippen LogP contribution in [0.4, 0.5) is 0 Å². The highest BCUT2D eigenvalue weighted by atomic mass is 127. The first kappa shape index (κ1) is 24.0. The summed E-state index contributed by atoms with van der Waals surface area (Å²) in [5.41, 5.74) is 2.15. The Morgan fingerprint density at radius 2 is 1.86 bits per heavy atom. The van der Waals surface area contributed by atoms with Crippen molar-refractivity contribution >= 4 is 29.9 Å². The van der Waals surface area contributed by atoms with E-state index in [0.29, 0.717) is 19.0 Å². The highest BCUT2D eigenvalue weighted by Gasteiger charge is 2.06. The first-order valence-electron chi connectivity index (χ1n) is 9.49. The predicted octanol–water partition coefficient (Wildman–Crippen LogP) is 3.79. The molecule has 0 unspecified atom stereocenters. The Labute approximate surface area is 185 Å². The maximum atomic E-state index is 5.71. The first-order valence-corrected chi connectivity index (χ1v) is 9.49. The molecule has 0 radical (unpaired) electrons. The number of aliphatic imine (C=N–C) groups is 1. The van der Waals surface area contributed by atoms with Crippen LogP contribution in [0.15, 0.2) is 47.6 Å². The van der Waals surface area contributed by atoms with Crippen molar-refractivity contribution in [1.29, 1.82) is 0 Å². The van der Waals surface area contributed by atoms with Crippen molar-refractivity contribution < 1.29 is 9.47 Å². The lowest BCUT2D eigenvalue weighted by Gasteiger charge is -2.13. The van der Waals surface area contributed by atoms with Crippen molar-refractivity contribution in [2.75, 3.05) is 26.8 Å². The van der Waals surface area contributed by atoms with Gasteiger partial charge in [0.15, 0.2) is 5.96 Å². The van der Waals surface area contributed by atoms with Gasteiger partial charge in [0.2, 0.25) is 5.88 Å². The van der Waals surface area contributed by atoms with Crippen LogP contribution < -0.4 is 20.1 Å². The van der Waals surface area contributed by atoms with Crippen molar-refractivity contribution in [1.82, 2.24) is 15.6 Å². The van der Waals surface area contributed by atoms with Gasteiger partial charge in [0, 0.05) is 24.8 Å². The van der Waals surface area contributed by atoms with Crippen LogP contribution in [-0.2, 0) is 13.0 Å². The number of methoxy groups -OCH3 is 1. The lowest BCUT2D eigenvalue weighted by atomic mass is 10.1. The number of ether oxygens (including phenoxy) is 2. The van der Waals surface area contributed by atoms with Crippen LogP contribution in [0.1, 0.15) is 31.4 Å². The summed E-state index contributed by atoms with van der Waals surface area (Å²) in [5, 5.41) is 6.65. The molecule has 1 aromatic carbocycles. The van der Waals surface area contributed by atoms with Crippen LogP contribution in [0, 0.1) is 0 Å². The summed E-state index contributed by atoms with van der Waals surface area (Å²) < 4.78 is 11.1. The fourth-order valence-electron chi connectivity index (χ4n) is 2.60. The lowest BCUT2D eigenvalue weighted by molar-refractivity contribution is 0.302. The monoisotopic (exact) mass is 498 g/mol. The number of para-hydroxylation sites is 1. The molecule has 0 saturated heterocycles. The summed E-state index contributed by atoms with van der Waals surface area (Å²) in [5.74, 6) is 2.35. The Bertz CT molecular complexity index is 725. The van der Waals surface area contributed by atoms with Gasteiger partial charge in [-0.3, -0.25) is 0 Å². The van der Waals surface area contributed by atoms with E-state index < -0.39 is 0 Å². The number of pyridine rings is 1. The van der Waals surface area contributed by atoms with E-state index in [0.717, 1.165) is 43.2 Å². The number of nitrogens with one attached hydrogen (secondary N) is 2. The molecule has 2 rings (SSSR count). The molecular formula is C21H31IN4O2. The molecule has 0 saturated carbocycles. The van der Waals surface area contributed by atoms with Crippen molar-refractivity contribution in [2.24, 2.45) is 4.99 Å². The van der Waals surface area contributed by atoms with Gasteiger partial charge in [-0.2, -0.15) is 0 Å². The topological polar surface area (TPSA) is 67.8 Å². The van der Waals surface area contributed by atoms with Crippen molar-refractivity contribution in [3.8, 4) is 11.6 Å². The van der Waals surface area contributed by atoms with E-state index in [9.17, 15) is 0 Å². The minimum Gasteiger partial charge on any atom is -0.496 e. The fraction of sp³-hybridized carbons (Fsp3) is 0.429. The molecule has 0 aliphatic carbocycles. The number of rotatable bonds is 10. The van der Waals surface area contributed by atoms with Gasteiger partial charge in [0.1, 0.15) is 5.75 Å². The Morgan fingerprint density at radius 3 is 2.61 bits per heavy atom. The molecule has 0 aliphatic rings. The third-order valence-corrected chi connectivity index (χ3v) is 3.92. The summed E-state index contributed by atoms with van der Waals surface area (Å²) in [6, 6.07) is 12.0. The van der Waals surface area contributed by atoms with E-state index in [4.69, 9.17) is 9.47 Å². The summed E-state index contributed by atoms with van der Waals surface area (Å²) in [4.78, 5) is 8.98. The van der Waals surface area contributed by atoms with Crippen LogP contribution in [0.5, 0.6) is 11.6 Å². The average Bonchev–Trinajstić information content (AvgIpc) is 2.71. The molecule has 2 aromatic rings. The number of halogens is 1. The Kier molecular flexibility index (Phi) is 12.0. The van der Waals surface area contributed by atoms with E-state index in [1.54, 1.807) is 13.3 Å². The van der Waals surface area contributed by atoms with Gasteiger partial charge in [0.25, 0.3) is 0 Å². The number of hydrogen-bond acceptors (Lipinski definition) is 4. The molecule has 2 N–H and O–H groups in total. The van der Waals surface area contributed by atoms with Crippen molar-refractivity contribution in [3.05, 3.63) is 53.7 Å². The second kappa shape index (κ2) is 14.0. The number of hydrogen-bond donors (Lipinski definition) is 2. The van der Waals surface area contributed by atoms with Crippen LogP contribution in [0.25, 0.3) is 0 Å². The molecule has 28 heavy (non-hydrogen) atoms. The zero-order valence-electron chi connectivity index (χ0n) is 16.9. The second-order valence-electron chi connectivity index (χ2n) is 6.00. The smallest absolute Gasteiger partial charge is 0.218 e. The molecule has 0 bridgehead atoms. The summed E-state index contributed by atoms with van der Waals surface area (Å²) in [6.45, 7) is 6.86. The quantitative estimate of drug-likeness (QED) is 0.297. The van der Waals surface area contributed by atoms with Gasteiger partial charge in [-0.1, -0.05) is 31.2 Å². The zero-order valence-corrected chi connectivity index (χ0v) is 19.2. The molecule has 0 aliphatic heterocycles. The normalized spacial score (nSPS) is 10.8. The zero-order chi connectivity index (χ0) is 19.3. The number of benzene rings is 1. The highest BCUT2D eigenvalue weighted by Crippen LogP contribution is 2.17. The summed E-state index contributed by atoms with van der Waals surface area (Å²) in [6.07, 6.45) is 3.55. The van der Waals surface area contributed by atoms with Crippen LogP contribution in [0.3, 0.4) is 0 Å². The summed E-state index contributed by atoms with van der Waals surface area (Å²) >= 11 is 0. The SMILES string of the molecule is CCCOc1ncccc1CN=C(NCC)NCCc1ccccc1OC.I. The Hall–Kier alpha value is -2.03.